The minimum absolute atomic E-state index is 0.0185. The van der Waals surface area contributed by atoms with Crippen LogP contribution in [0.4, 0.5) is 0 Å². The fourth-order valence-electron chi connectivity index (χ4n) is 22.3. The van der Waals surface area contributed by atoms with Gasteiger partial charge in [0.2, 0.25) is 11.8 Å². The van der Waals surface area contributed by atoms with E-state index in [1.54, 1.807) is 12.1 Å². The van der Waals surface area contributed by atoms with Crippen LogP contribution < -0.4 is 11.1 Å². The molecule has 15 heteroatoms. The quantitative estimate of drug-likeness (QED) is 0.0421. The number of benzene rings is 6. The van der Waals surface area contributed by atoms with Crippen LogP contribution in [-0.2, 0) is 58.2 Å². The van der Waals surface area contributed by atoms with Gasteiger partial charge in [-0.1, -0.05) is 211 Å². The second-order valence-electron chi connectivity index (χ2n) is 42.2. The van der Waals surface area contributed by atoms with Gasteiger partial charge in [-0.05, 0) is 262 Å². The second-order valence-corrected chi connectivity index (χ2v) is 42.2. The number of nitrogens with two attached hydrogens (primary N) is 1. The number of ether oxygens (including phenoxy) is 2. The number of carbonyl (C=O) groups is 4. The van der Waals surface area contributed by atoms with E-state index in [-0.39, 0.29) is 111 Å². The van der Waals surface area contributed by atoms with Crippen LogP contribution in [0.1, 0.15) is 350 Å². The predicted molar refractivity (Wildman–Crippen MR) is 469 cm³/mol. The Morgan fingerprint density at radius 2 is 0.698 bits per heavy atom. The number of nitrogens with zero attached hydrogens (tertiary/aromatic N) is 2. The maximum Gasteiger partial charge on any atom is 0.336 e. The molecule has 0 saturated carbocycles. The van der Waals surface area contributed by atoms with Gasteiger partial charge >= 0.3 is 11.9 Å². The molecule has 2 heterocycles. The van der Waals surface area contributed by atoms with E-state index in [1.165, 1.54) is 55.6 Å². The topological polar surface area (TPSA) is 251 Å². The number of aromatic carboxylic acids is 2. The Morgan fingerprint density at radius 3 is 0.966 bits per heavy atom. The predicted octanol–water partition coefficient (Wildman–Crippen LogP) is 19.4. The summed E-state index contributed by atoms with van der Waals surface area (Å²) in [5.41, 5.74) is 28.1. The number of carbonyl (C=O) groups excluding carboxylic acids is 2. The van der Waals surface area contributed by atoms with Crippen LogP contribution in [0.25, 0.3) is 0 Å². The van der Waals surface area contributed by atoms with Gasteiger partial charge in [0.1, 0.15) is 13.2 Å². The number of aryl methyl sites for hydroxylation is 6. The summed E-state index contributed by atoms with van der Waals surface area (Å²) in [6.45, 7) is 62.0. The normalized spacial score (nSPS) is 22.1. The first-order valence-corrected chi connectivity index (χ1v) is 42.9. The molecular formula is C101H138N4O11. The van der Waals surface area contributed by atoms with Crippen LogP contribution in [0, 0.1) is 77.0 Å². The SMILES string of the molecule is CC(C)[C@H](N)CO.Cc1cc(C(=O)C[C@H](CO)C(C)C)c2c(c1)C(C)(C)C[C@]21CC(C)(C)c2cc(C)cc(C(=O)N[C@H](CO)C(C)C)c21.Cc1cc(C(=O)O)c2c(c1)C(C)(C)CC21CC(C)(C)c2cc(C)cc(C(=O)O)c21.Cc1cc(C2=N[C@@H](C(C)C)CO2)c2c(c1)C(C)(C)CC21CC(C)(C)c2cc(C)cc(C3=N[C@@H](C(C)C)CO3)c21. The van der Waals surface area contributed by atoms with Crippen molar-refractivity contribution in [1.29, 1.82) is 0 Å². The first kappa shape index (κ1) is 89.0. The number of hydrogen-bond donors (Lipinski definition) is 7. The number of amides is 1. The van der Waals surface area contributed by atoms with Gasteiger partial charge in [0.25, 0.3) is 5.91 Å². The number of hydrogen-bond acceptors (Lipinski definition) is 12. The van der Waals surface area contributed by atoms with Crippen molar-refractivity contribution in [3.8, 4) is 0 Å². The molecule has 0 aromatic heterocycles. The molecule has 0 radical (unpaired) electrons. The number of fused-ring (bicyclic) bond motifs is 12. The van der Waals surface area contributed by atoms with E-state index in [1.807, 2.05) is 60.6 Å². The molecule has 628 valence electrons. The summed E-state index contributed by atoms with van der Waals surface area (Å²) in [5.74, 6) is 1.16. The number of aliphatic hydroxyl groups is 3. The number of carboxylic acid groups (broad SMARTS) is 2. The molecule has 15 nitrogen and oxygen atoms in total. The van der Waals surface area contributed by atoms with Gasteiger partial charge in [-0.2, -0.15) is 0 Å². The van der Waals surface area contributed by atoms with Crippen LogP contribution >= 0.6 is 0 Å². The fourth-order valence-corrected chi connectivity index (χ4v) is 22.3. The van der Waals surface area contributed by atoms with Gasteiger partial charge in [-0.25, -0.2) is 19.6 Å². The summed E-state index contributed by atoms with van der Waals surface area (Å²) in [5, 5.41) is 51.7. The lowest BCUT2D eigenvalue weighted by Crippen LogP contribution is -2.42. The van der Waals surface area contributed by atoms with E-state index >= 15 is 0 Å². The number of nitrogens with one attached hydrogen (secondary N) is 1. The monoisotopic (exact) mass is 1580 g/mol. The zero-order valence-electron chi connectivity index (χ0n) is 75.3. The van der Waals surface area contributed by atoms with Crippen molar-refractivity contribution in [1.82, 2.24) is 5.32 Å². The lowest BCUT2D eigenvalue weighted by Gasteiger charge is -2.33. The molecule has 14 rings (SSSR count). The lowest BCUT2D eigenvalue weighted by atomic mass is 9.69. The van der Waals surface area contributed by atoms with Crippen molar-refractivity contribution in [2.75, 3.05) is 33.0 Å². The molecule has 8 N–H and O–H groups in total. The number of aliphatic hydroxyl groups excluding tert-OH is 3. The molecule has 0 saturated heterocycles. The van der Waals surface area contributed by atoms with E-state index in [0.29, 0.717) is 66.9 Å². The van der Waals surface area contributed by atoms with Crippen molar-refractivity contribution in [2.45, 2.75) is 312 Å². The average Bonchev–Trinajstić information content (AvgIpc) is 1.53. The molecule has 8 aliphatic rings. The molecule has 116 heavy (non-hydrogen) atoms. The van der Waals surface area contributed by atoms with Crippen molar-refractivity contribution in [3.05, 3.63) is 206 Å². The van der Waals surface area contributed by atoms with Crippen molar-refractivity contribution in [2.24, 2.45) is 51.2 Å². The molecule has 0 fully saturated rings. The minimum Gasteiger partial charge on any atom is -0.478 e. The standard InChI is InChI=1S/C36H51NO4.C35H46N2O2.C25H28O4.C5H13NO/c1-20(2)24(16-38)15-30(40)25-11-22(5)13-27-31(25)36(18-34(27,7)8)19-35(9,10)28-14-23(6)12-26(32(28)36)33(41)37-29(17-39)21(3)4;1-19(2)27-15-38-31(36-27)23-11-21(5)13-25-29(23)35(17-33(25,7)8)18-34(9,10)26-14-22(6)12-24(30(26)35)32-37-28(16-39-32)20(3)4;1-13-7-15(21(26)27)19-17(9-13)23(3,4)11-25(19)12-24(5,6)18-10-14(2)8-16(20(18)25)22(28)29;1-4(2)5(6)3-7/h11-14,20-21,24,29,38-39H,15-19H2,1-10H3,(H,37,41);11-14,19-20,27-28H,15-18H2,1-10H3;7-10H,11-12H2,1-6H3,(H,26,27)(H,28,29);4-5,7H,3,6H2,1-2H3/t24-,29-,36+;27-,28-,35?;;5-/m11.1/s1. The molecule has 1 amide bonds. The highest BCUT2D eigenvalue weighted by molar-refractivity contribution is 6.03. The van der Waals surface area contributed by atoms with Gasteiger partial charge in [-0.3, -0.25) is 9.59 Å². The highest BCUT2D eigenvalue weighted by Gasteiger charge is 2.63. The first-order valence-electron chi connectivity index (χ1n) is 42.9. The molecule has 0 bridgehead atoms. The van der Waals surface area contributed by atoms with Crippen LogP contribution in [-0.4, -0.2) is 118 Å². The van der Waals surface area contributed by atoms with Gasteiger partial charge in [-0.15, -0.1) is 0 Å². The van der Waals surface area contributed by atoms with Crippen LogP contribution in [0.15, 0.2) is 82.8 Å². The third-order valence-electron chi connectivity index (χ3n) is 27.8. The maximum atomic E-state index is 14.2. The van der Waals surface area contributed by atoms with Gasteiger partial charge in [0, 0.05) is 57.6 Å². The summed E-state index contributed by atoms with van der Waals surface area (Å²) in [6.07, 6.45) is 5.43. The van der Waals surface area contributed by atoms with E-state index in [0.717, 1.165) is 98.7 Å². The third-order valence-corrected chi connectivity index (χ3v) is 27.8. The number of aliphatic imine (C=N–C) groups is 2. The zero-order chi connectivity index (χ0) is 86.1. The molecule has 6 atom stereocenters. The van der Waals surface area contributed by atoms with E-state index in [9.17, 15) is 39.6 Å². The lowest BCUT2D eigenvalue weighted by molar-refractivity contribution is 0.0686. The summed E-state index contributed by atoms with van der Waals surface area (Å²) in [7, 11) is 0. The van der Waals surface area contributed by atoms with Crippen LogP contribution in [0.3, 0.4) is 0 Å². The highest BCUT2D eigenvalue weighted by atomic mass is 16.5. The number of rotatable bonds is 17. The highest BCUT2D eigenvalue weighted by Crippen LogP contribution is 2.68. The maximum absolute atomic E-state index is 14.2. The number of carboxylic acids is 2. The summed E-state index contributed by atoms with van der Waals surface area (Å²) < 4.78 is 12.8. The first-order chi connectivity index (χ1) is 53.7. The minimum atomic E-state index is -0.947. The molecular weight excluding hydrogens is 1450 g/mol. The van der Waals surface area contributed by atoms with Crippen LogP contribution in [0.5, 0.6) is 0 Å². The van der Waals surface area contributed by atoms with E-state index in [4.69, 9.17) is 30.3 Å². The van der Waals surface area contributed by atoms with Crippen LogP contribution in [0.2, 0.25) is 0 Å². The van der Waals surface area contributed by atoms with Gasteiger partial charge in [0.15, 0.2) is 5.78 Å². The fraction of sp³-hybridized carbons (Fsp3) is 0.584. The molecule has 6 aliphatic carbocycles. The second kappa shape index (κ2) is 31.7. The zero-order valence-corrected chi connectivity index (χ0v) is 75.3. The molecule has 0 unspecified atom stereocenters. The van der Waals surface area contributed by atoms with Gasteiger partial charge in [0.05, 0.1) is 42.5 Å². The number of Topliss-reactive ketones (excluding diaryl/α,β-unsaturated/α-hetero) is 1. The Hall–Kier alpha value is -7.82. The summed E-state index contributed by atoms with van der Waals surface area (Å²) in [6, 6.07) is 25.7. The molecule has 3 spiro atoms. The van der Waals surface area contributed by atoms with Crippen molar-refractivity contribution < 1.29 is 54.2 Å². The Bertz CT molecular complexity index is 4640. The summed E-state index contributed by atoms with van der Waals surface area (Å²) >= 11 is 0. The van der Waals surface area contributed by atoms with E-state index < -0.39 is 22.8 Å². The smallest absolute Gasteiger partial charge is 0.336 e. The van der Waals surface area contributed by atoms with E-state index in [2.05, 4.69) is 199 Å². The largest absolute Gasteiger partial charge is 0.478 e. The molecule has 2 aliphatic heterocycles. The third kappa shape index (κ3) is 15.9. The molecule has 6 aromatic carbocycles. The molecule has 6 aromatic rings. The Labute approximate surface area is 693 Å². The van der Waals surface area contributed by atoms with Gasteiger partial charge < -0.3 is 46.1 Å². The Morgan fingerprint density at radius 1 is 0.405 bits per heavy atom. The van der Waals surface area contributed by atoms with Crippen molar-refractivity contribution in [3.63, 3.8) is 0 Å². The Kier molecular flexibility index (Phi) is 24.3. The number of ketones is 1. The summed E-state index contributed by atoms with van der Waals surface area (Å²) in [4.78, 5) is 63.1. The Balaban J connectivity index is 0.000000166. The average molecular weight is 1580 g/mol. The van der Waals surface area contributed by atoms with Crippen molar-refractivity contribution >= 4 is 35.4 Å².